The quantitative estimate of drug-likeness (QED) is 0.767. The lowest BCUT2D eigenvalue weighted by molar-refractivity contribution is -0.116. The summed E-state index contributed by atoms with van der Waals surface area (Å²) in [5, 5.41) is 2.89. The van der Waals surface area contributed by atoms with Gasteiger partial charge in [0.15, 0.2) is 0 Å². The minimum atomic E-state index is -0.163. The molecule has 3 heterocycles. The Morgan fingerprint density at radius 3 is 2.85 bits per heavy atom. The maximum atomic E-state index is 13.3. The zero-order valence-electron chi connectivity index (χ0n) is 14.7. The van der Waals surface area contributed by atoms with Crippen molar-refractivity contribution in [2.24, 2.45) is 0 Å². The molecule has 0 fully saturated rings. The summed E-state index contributed by atoms with van der Waals surface area (Å²) in [6, 6.07) is 14.5. The van der Waals surface area contributed by atoms with Crippen LogP contribution in [0.4, 0.5) is 11.5 Å². The summed E-state index contributed by atoms with van der Waals surface area (Å²) in [6.07, 6.45) is 5.27. The van der Waals surface area contributed by atoms with Crippen LogP contribution in [0.5, 0.6) is 0 Å². The van der Waals surface area contributed by atoms with Gasteiger partial charge in [0, 0.05) is 23.9 Å². The Kier molecular flexibility index (Phi) is 4.70. The van der Waals surface area contributed by atoms with E-state index in [9.17, 15) is 9.59 Å². The van der Waals surface area contributed by atoms with Gasteiger partial charge in [-0.25, -0.2) is 4.98 Å². The van der Waals surface area contributed by atoms with Crippen molar-refractivity contribution in [3.63, 3.8) is 0 Å². The number of hydrogen-bond acceptors (Lipinski definition) is 4. The first-order valence-electron chi connectivity index (χ1n) is 8.89. The molecular weight excluding hydrogens is 342 g/mol. The van der Waals surface area contributed by atoms with Gasteiger partial charge in [0.25, 0.3) is 5.91 Å². The van der Waals surface area contributed by atoms with Gasteiger partial charge in [-0.3, -0.25) is 14.5 Å². The largest absolute Gasteiger partial charge is 0.467 e. The monoisotopic (exact) mass is 361 g/mol. The van der Waals surface area contributed by atoms with Gasteiger partial charge < -0.3 is 9.73 Å². The van der Waals surface area contributed by atoms with Gasteiger partial charge in [-0.05, 0) is 60.9 Å². The number of pyridine rings is 1. The lowest BCUT2D eigenvalue weighted by Crippen LogP contribution is -2.31. The maximum Gasteiger partial charge on any atom is 0.259 e. The first-order chi connectivity index (χ1) is 13.2. The van der Waals surface area contributed by atoms with Crippen molar-refractivity contribution in [3.05, 3.63) is 77.9 Å². The Bertz CT molecular complexity index is 952. The maximum absolute atomic E-state index is 13.3. The fourth-order valence-electron chi connectivity index (χ4n) is 3.19. The zero-order valence-corrected chi connectivity index (χ0v) is 14.7. The van der Waals surface area contributed by atoms with Crippen molar-refractivity contribution < 1.29 is 14.0 Å². The fraction of sp³-hybridized carbons (Fsp3) is 0.190. The molecular formula is C21H19N3O3. The molecule has 1 aliphatic heterocycles. The second-order valence-electron chi connectivity index (χ2n) is 6.43. The van der Waals surface area contributed by atoms with E-state index < -0.39 is 0 Å². The average molecular weight is 361 g/mol. The van der Waals surface area contributed by atoms with E-state index in [-0.39, 0.29) is 18.4 Å². The molecule has 0 atom stereocenters. The van der Waals surface area contributed by atoms with E-state index in [4.69, 9.17) is 4.42 Å². The molecule has 1 aromatic carbocycles. The lowest BCUT2D eigenvalue weighted by atomic mass is 10.0. The predicted molar refractivity (Wildman–Crippen MR) is 101 cm³/mol. The van der Waals surface area contributed by atoms with Crippen LogP contribution in [0.1, 0.15) is 34.5 Å². The van der Waals surface area contributed by atoms with E-state index in [1.54, 1.807) is 41.6 Å². The summed E-state index contributed by atoms with van der Waals surface area (Å²) < 4.78 is 5.42. The molecule has 27 heavy (non-hydrogen) atoms. The minimum Gasteiger partial charge on any atom is -0.467 e. The Morgan fingerprint density at radius 2 is 2.07 bits per heavy atom. The van der Waals surface area contributed by atoms with Crippen LogP contribution in [0.3, 0.4) is 0 Å². The summed E-state index contributed by atoms with van der Waals surface area (Å²) in [5.41, 5.74) is 2.32. The van der Waals surface area contributed by atoms with Gasteiger partial charge in [-0.2, -0.15) is 0 Å². The predicted octanol–water partition coefficient (Wildman–Crippen LogP) is 3.80. The first kappa shape index (κ1) is 17.0. The number of amides is 2. The number of fused-ring (bicyclic) bond motifs is 1. The molecule has 6 heteroatoms. The molecule has 0 saturated heterocycles. The van der Waals surface area contributed by atoms with Gasteiger partial charge in [0.1, 0.15) is 11.6 Å². The third kappa shape index (κ3) is 3.74. The number of nitrogens with zero attached hydrogens (tertiary/aromatic N) is 2. The number of rotatable bonds is 4. The van der Waals surface area contributed by atoms with Gasteiger partial charge in [0.2, 0.25) is 5.91 Å². The number of carbonyl (C=O) groups is 2. The van der Waals surface area contributed by atoms with Crippen molar-refractivity contribution in [1.29, 1.82) is 0 Å². The van der Waals surface area contributed by atoms with Crippen LogP contribution < -0.4 is 10.2 Å². The number of nitrogens with one attached hydrogen (secondary N) is 1. The molecule has 2 aromatic heterocycles. The zero-order chi connectivity index (χ0) is 18.6. The van der Waals surface area contributed by atoms with Crippen LogP contribution in [0.2, 0.25) is 0 Å². The third-order valence-corrected chi connectivity index (χ3v) is 4.54. The van der Waals surface area contributed by atoms with Crippen molar-refractivity contribution in [1.82, 2.24) is 4.98 Å². The van der Waals surface area contributed by atoms with Crippen LogP contribution in [0.15, 0.2) is 65.4 Å². The second-order valence-corrected chi connectivity index (χ2v) is 6.43. The summed E-state index contributed by atoms with van der Waals surface area (Å²) >= 11 is 0. The molecule has 136 valence electrons. The Balaban J connectivity index is 1.67. The van der Waals surface area contributed by atoms with Crippen LogP contribution in [0, 0.1) is 0 Å². The van der Waals surface area contributed by atoms with Gasteiger partial charge >= 0.3 is 0 Å². The van der Waals surface area contributed by atoms with Gasteiger partial charge in [-0.15, -0.1) is 0 Å². The van der Waals surface area contributed by atoms with Crippen molar-refractivity contribution in [3.8, 4) is 0 Å². The lowest BCUT2D eigenvalue weighted by Gasteiger charge is -2.21. The first-order valence-corrected chi connectivity index (χ1v) is 8.89. The summed E-state index contributed by atoms with van der Waals surface area (Å²) in [7, 11) is 0. The summed E-state index contributed by atoms with van der Waals surface area (Å²) in [4.78, 5) is 30.9. The van der Waals surface area contributed by atoms with E-state index >= 15 is 0 Å². The molecule has 2 amide bonds. The molecule has 0 bridgehead atoms. The molecule has 4 rings (SSSR count). The van der Waals surface area contributed by atoms with Crippen LogP contribution >= 0.6 is 0 Å². The second kappa shape index (κ2) is 7.45. The third-order valence-electron chi connectivity index (χ3n) is 4.54. The number of carbonyl (C=O) groups excluding carboxylic acids is 2. The van der Waals surface area contributed by atoms with Crippen LogP contribution in [-0.4, -0.2) is 16.8 Å². The molecule has 1 aliphatic rings. The minimum absolute atomic E-state index is 0.0146. The molecule has 1 N–H and O–H groups in total. The van der Waals surface area contributed by atoms with Crippen molar-refractivity contribution in [2.45, 2.75) is 25.8 Å². The number of anilines is 2. The smallest absolute Gasteiger partial charge is 0.259 e. The van der Waals surface area contributed by atoms with Crippen molar-refractivity contribution >= 4 is 23.3 Å². The topological polar surface area (TPSA) is 75.4 Å². The number of hydrogen-bond donors (Lipinski definition) is 1. The summed E-state index contributed by atoms with van der Waals surface area (Å²) in [5.74, 6) is 1.09. The highest BCUT2D eigenvalue weighted by Gasteiger charge is 2.22. The molecule has 0 saturated carbocycles. The molecule has 0 spiro atoms. The SMILES string of the molecule is O=C1CCCc2cc(C(=O)N(Cc3ccco3)c3ccccn3)ccc2N1. The number of aryl methyl sites for hydroxylation is 1. The standard InChI is InChI=1S/C21H19N3O3/c25-20-8-3-5-15-13-16(9-10-18(15)23-20)21(26)24(14-17-6-4-12-27-17)19-7-1-2-11-22-19/h1-2,4,6-7,9-13H,3,5,8,14H2,(H,23,25). The van der Waals surface area contributed by atoms with E-state index in [0.717, 1.165) is 24.1 Å². The van der Waals surface area contributed by atoms with Gasteiger partial charge in [-0.1, -0.05) is 6.07 Å². The Labute approximate surface area is 156 Å². The number of furan rings is 1. The van der Waals surface area contributed by atoms with E-state index in [2.05, 4.69) is 10.3 Å². The van der Waals surface area contributed by atoms with Gasteiger partial charge in [0.05, 0.1) is 12.8 Å². The van der Waals surface area contributed by atoms with Crippen LogP contribution in [0.25, 0.3) is 0 Å². The molecule has 6 nitrogen and oxygen atoms in total. The summed E-state index contributed by atoms with van der Waals surface area (Å²) in [6.45, 7) is 0.288. The van der Waals surface area contributed by atoms with E-state index in [0.29, 0.717) is 23.6 Å². The average Bonchev–Trinajstić information content (AvgIpc) is 3.13. The Morgan fingerprint density at radius 1 is 1.15 bits per heavy atom. The normalized spacial score (nSPS) is 13.4. The highest BCUT2D eigenvalue weighted by molar-refractivity contribution is 6.06. The number of aromatic nitrogens is 1. The Hall–Kier alpha value is -3.41. The highest BCUT2D eigenvalue weighted by Crippen LogP contribution is 2.25. The molecule has 0 aliphatic carbocycles. The fourth-order valence-corrected chi connectivity index (χ4v) is 3.19. The van der Waals surface area contributed by atoms with E-state index in [1.165, 1.54) is 0 Å². The van der Waals surface area contributed by atoms with E-state index in [1.807, 2.05) is 24.3 Å². The molecule has 0 unspecified atom stereocenters. The molecule has 0 radical (unpaired) electrons. The molecule has 3 aromatic rings. The number of benzene rings is 1. The van der Waals surface area contributed by atoms with Crippen molar-refractivity contribution in [2.75, 3.05) is 10.2 Å². The van der Waals surface area contributed by atoms with Crippen LogP contribution in [-0.2, 0) is 17.8 Å². The highest BCUT2D eigenvalue weighted by atomic mass is 16.3.